The normalized spacial score (nSPS) is 18.9. The first-order valence-corrected chi connectivity index (χ1v) is 8.94. The van der Waals surface area contributed by atoms with Crippen molar-refractivity contribution in [3.63, 3.8) is 0 Å². The first-order chi connectivity index (χ1) is 10.7. The first kappa shape index (κ1) is 17.2. The van der Waals surface area contributed by atoms with E-state index < -0.39 is 0 Å². The molecule has 0 bridgehead atoms. The molecule has 1 unspecified atom stereocenters. The van der Waals surface area contributed by atoms with Gasteiger partial charge in [0.1, 0.15) is 0 Å². The van der Waals surface area contributed by atoms with Crippen LogP contribution in [0.1, 0.15) is 38.7 Å². The van der Waals surface area contributed by atoms with Crippen LogP contribution in [-0.4, -0.2) is 36.2 Å². The van der Waals surface area contributed by atoms with Gasteiger partial charge in [-0.15, -0.1) is 0 Å². The number of rotatable bonds is 6. The predicted octanol–water partition coefficient (Wildman–Crippen LogP) is 3.66. The molecule has 0 aromatic heterocycles. The van der Waals surface area contributed by atoms with Crippen molar-refractivity contribution < 1.29 is 0 Å². The van der Waals surface area contributed by atoms with Gasteiger partial charge >= 0.3 is 0 Å². The van der Waals surface area contributed by atoms with Gasteiger partial charge < -0.3 is 15.5 Å². The Hall–Kier alpha value is -1.13. The van der Waals surface area contributed by atoms with Crippen molar-refractivity contribution in [3.8, 4) is 0 Å². The van der Waals surface area contributed by atoms with Crippen LogP contribution >= 0.6 is 12.2 Å². The lowest BCUT2D eigenvalue weighted by Gasteiger charge is -2.30. The summed E-state index contributed by atoms with van der Waals surface area (Å²) in [5.74, 6) is 0.857. The predicted molar refractivity (Wildman–Crippen MR) is 99.5 cm³/mol. The number of anilines is 1. The highest BCUT2D eigenvalue weighted by Crippen LogP contribution is 2.15. The Labute approximate surface area is 140 Å². The van der Waals surface area contributed by atoms with Crippen LogP contribution in [0.2, 0.25) is 0 Å². The highest BCUT2D eigenvalue weighted by atomic mass is 32.1. The number of nitrogens with zero attached hydrogens (tertiary/aromatic N) is 1. The third-order valence-electron chi connectivity index (χ3n) is 4.30. The minimum atomic E-state index is 0.719. The third kappa shape index (κ3) is 5.93. The Morgan fingerprint density at radius 3 is 2.77 bits per heavy atom. The summed E-state index contributed by atoms with van der Waals surface area (Å²) in [7, 11) is 0. The van der Waals surface area contributed by atoms with Crippen molar-refractivity contribution in [1.29, 1.82) is 0 Å². The van der Waals surface area contributed by atoms with Crippen LogP contribution in [0.3, 0.4) is 0 Å². The Bertz CT molecular complexity index is 458. The van der Waals surface area contributed by atoms with Crippen molar-refractivity contribution in [3.05, 3.63) is 29.8 Å². The Morgan fingerprint density at radius 2 is 2.09 bits per heavy atom. The largest absolute Gasteiger partial charge is 0.362 e. The fraction of sp³-hybridized carbons (Fsp3) is 0.611. The Balaban J connectivity index is 1.61. The average Bonchev–Trinajstić information content (AvgIpc) is 2.52. The zero-order chi connectivity index (χ0) is 15.8. The summed E-state index contributed by atoms with van der Waals surface area (Å²) in [4.78, 5) is 2.58. The molecule has 2 rings (SSSR count). The van der Waals surface area contributed by atoms with Crippen molar-refractivity contribution in [2.45, 2.75) is 39.5 Å². The van der Waals surface area contributed by atoms with E-state index >= 15 is 0 Å². The zero-order valence-electron chi connectivity index (χ0n) is 13.9. The maximum atomic E-state index is 5.35. The molecule has 1 aliphatic heterocycles. The van der Waals surface area contributed by atoms with Crippen molar-refractivity contribution in [2.24, 2.45) is 5.92 Å². The van der Waals surface area contributed by atoms with Crippen LogP contribution in [-0.2, 0) is 6.42 Å². The molecular weight excluding hydrogens is 290 g/mol. The molecular formula is C18H29N3S. The summed E-state index contributed by atoms with van der Waals surface area (Å²) in [5.41, 5.74) is 2.40. The summed E-state index contributed by atoms with van der Waals surface area (Å²) < 4.78 is 0. The molecule has 2 N–H and O–H groups in total. The van der Waals surface area contributed by atoms with Gasteiger partial charge in [-0.05, 0) is 74.6 Å². The molecule has 1 aromatic rings. The van der Waals surface area contributed by atoms with E-state index in [4.69, 9.17) is 12.2 Å². The summed E-state index contributed by atoms with van der Waals surface area (Å²) in [6.45, 7) is 9.14. The number of nitrogens with one attached hydrogen (secondary N) is 2. The fourth-order valence-corrected chi connectivity index (χ4v) is 3.21. The molecule has 1 heterocycles. The van der Waals surface area contributed by atoms with Gasteiger partial charge in [-0.2, -0.15) is 0 Å². The van der Waals surface area contributed by atoms with Crippen molar-refractivity contribution in [1.82, 2.24) is 10.2 Å². The fourth-order valence-electron chi connectivity index (χ4n) is 2.99. The van der Waals surface area contributed by atoms with Gasteiger partial charge in [0.15, 0.2) is 5.11 Å². The second kappa shape index (κ2) is 9.11. The number of piperidine rings is 1. The highest BCUT2D eigenvalue weighted by molar-refractivity contribution is 7.80. The number of thiocarbonyl (C=S) groups is 1. The molecule has 1 fully saturated rings. The standard InChI is InChI=1S/C18H29N3S/c1-3-16-7-9-17(10-8-16)20-18(22)19-11-5-13-21-12-4-6-15(2)14-21/h7-10,15H,3-6,11-14H2,1-2H3,(H2,19,20,22). The number of benzene rings is 1. The molecule has 0 aliphatic carbocycles. The lowest BCUT2D eigenvalue weighted by molar-refractivity contribution is 0.182. The second-order valence-electron chi connectivity index (χ2n) is 6.33. The number of hydrogen-bond acceptors (Lipinski definition) is 2. The van der Waals surface area contributed by atoms with Crippen LogP contribution in [0.25, 0.3) is 0 Å². The molecule has 0 radical (unpaired) electrons. The topological polar surface area (TPSA) is 27.3 Å². The lowest BCUT2D eigenvalue weighted by Crippen LogP contribution is -2.37. The van der Waals surface area contributed by atoms with Gasteiger partial charge in [-0.3, -0.25) is 0 Å². The molecule has 3 nitrogen and oxygen atoms in total. The zero-order valence-corrected chi connectivity index (χ0v) is 14.7. The van der Waals surface area contributed by atoms with Crippen LogP contribution in [0.15, 0.2) is 24.3 Å². The molecule has 1 aromatic carbocycles. The summed E-state index contributed by atoms with van der Waals surface area (Å²) in [5, 5.41) is 7.27. The van der Waals surface area contributed by atoms with Crippen molar-refractivity contribution >= 4 is 23.0 Å². The Kier molecular flexibility index (Phi) is 7.13. The Morgan fingerprint density at radius 1 is 1.32 bits per heavy atom. The highest BCUT2D eigenvalue weighted by Gasteiger charge is 2.15. The minimum Gasteiger partial charge on any atom is -0.362 e. The van der Waals surface area contributed by atoms with Gasteiger partial charge in [0.25, 0.3) is 0 Å². The van der Waals surface area contributed by atoms with Gasteiger partial charge in [0.2, 0.25) is 0 Å². The maximum absolute atomic E-state index is 5.35. The van der Waals surface area contributed by atoms with Gasteiger partial charge in [-0.25, -0.2) is 0 Å². The molecule has 0 spiro atoms. The monoisotopic (exact) mass is 319 g/mol. The van der Waals surface area contributed by atoms with E-state index in [9.17, 15) is 0 Å². The minimum absolute atomic E-state index is 0.719. The summed E-state index contributed by atoms with van der Waals surface area (Å²) in [6, 6.07) is 8.45. The van der Waals surface area contributed by atoms with E-state index in [0.29, 0.717) is 0 Å². The SMILES string of the molecule is CCc1ccc(NC(=S)NCCCN2CCCC(C)C2)cc1. The number of aryl methyl sites for hydroxylation is 1. The van der Waals surface area contributed by atoms with Crippen LogP contribution in [0, 0.1) is 5.92 Å². The molecule has 1 saturated heterocycles. The molecule has 0 saturated carbocycles. The maximum Gasteiger partial charge on any atom is 0.170 e. The van der Waals surface area contributed by atoms with E-state index in [-0.39, 0.29) is 0 Å². The quantitative estimate of drug-likeness (QED) is 0.618. The van der Waals surface area contributed by atoms with Gasteiger partial charge in [0.05, 0.1) is 0 Å². The van der Waals surface area contributed by atoms with Crippen LogP contribution < -0.4 is 10.6 Å². The number of hydrogen-bond donors (Lipinski definition) is 2. The van der Waals surface area contributed by atoms with Gasteiger partial charge in [-0.1, -0.05) is 26.0 Å². The van der Waals surface area contributed by atoms with E-state index in [0.717, 1.165) is 36.1 Å². The van der Waals surface area contributed by atoms with Crippen molar-refractivity contribution in [2.75, 3.05) is 31.5 Å². The van der Waals surface area contributed by atoms with E-state index in [1.54, 1.807) is 0 Å². The second-order valence-corrected chi connectivity index (χ2v) is 6.74. The van der Waals surface area contributed by atoms with E-state index in [1.165, 1.54) is 38.0 Å². The third-order valence-corrected chi connectivity index (χ3v) is 4.54. The van der Waals surface area contributed by atoms with Gasteiger partial charge in [0, 0.05) is 18.8 Å². The van der Waals surface area contributed by atoms with E-state index in [2.05, 4.69) is 53.6 Å². The van der Waals surface area contributed by atoms with Crippen LogP contribution in [0.5, 0.6) is 0 Å². The average molecular weight is 320 g/mol. The van der Waals surface area contributed by atoms with Crippen LogP contribution in [0.4, 0.5) is 5.69 Å². The molecule has 1 atom stereocenters. The summed E-state index contributed by atoms with van der Waals surface area (Å²) >= 11 is 5.35. The molecule has 1 aliphatic rings. The molecule has 0 amide bonds. The number of likely N-dealkylation sites (tertiary alicyclic amines) is 1. The summed E-state index contributed by atoms with van der Waals surface area (Å²) in [6.07, 6.45) is 4.95. The molecule has 122 valence electrons. The lowest BCUT2D eigenvalue weighted by atomic mass is 10.0. The first-order valence-electron chi connectivity index (χ1n) is 8.53. The molecule has 4 heteroatoms. The molecule has 22 heavy (non-hydrogen) atoms. The van der Waals surface area contributed by atoms with E-state index in [1.807, 2.05) is 0 Å². The smallest absolute Gasteiger partial charge is 0.170 e.